The Kier molecular flexibility index (Phi) is 5.56. The predicted octanol–water partition coefficient (Wildman–Crippen LogP) is -0.520. The first-order valence-corrected chi connectivity index (χ1v) is 3.63. The molecule has 0 saturated heterocycles. The zero-order valence-corrected chi connectivity index (χ0v) is 5.69. The molecule has 0 aromatic carbocycles. The van der Waals surface area contributed by atoms with E-state index in [2.05, 4.69) is 0 Å². The van der Waals surface area contributed by atoms with E-state index < -0.39 is 5.78 Å². The lowest BCUT2D eigenvalue weighted by Crippen LogP contribution is -2.03. The average molecular weight is 148 g/mol. The maximum atomic E-state index is 10.2. The van der Waals surface area contributed by atoms with Gasteiger partial charge in [-0.1, -0.05) is 0 Å². The molecule has 0 amide bonds. The molecular formula is C5H8O3S. The number of carbonyl (C=O) groups is 2. The molecule has 0 aliphatic heterocycles. The van der Waals surface area contributed by atoms with Crippen molar-refractivity contribution in [1.29, 1.82) is 0 Å². The van der Waals surface area contributed by atoms with Crippen molar-refractivity contribution in [2.24, 2.45) is 0 Å². The smallest absolute Gasteiger partial charge is 0.205 e. The van der Waals surface area contributed by atoms with Gasteiger partial charge in [0.05, 0.1) is 12.4 Å². The fraction of sp³-hybridized carbons (Fsp3) is 0.600. The molecule has 0 aliphatic rings. The van der Waals surface area contributed by atoms with Crippen molar-refractivity contribution in [3.8, 4) is 0 Å². The fourth-order valence-corrected chi connectivity index (χ4v) is 0.814. The van der Waals surface area contributed by atoms with Crippen LogP contribution in [0.3, 0.4) is 0 Å². The molecule has 52 valence electrons. The van der Waals surface area contributed by atoms with Gasteiger partial charge in [-0.25, -0.2) is 0 Å². The van der Waals surface area contributed by atoms with Crippen molar-refractivity contribution >= 4 is 23.8 Å². The maximum Gasteiger partial charge on any atom is 0.205 e. The highest BCUT2D eigenvalue weighted by molar-refractivity contribution is 8.00. The molecule has 0 fully saturated rings. The number of thioether (sulfide) groups is 1. The quantitative estimate of drug-likeness (QED) is 0.324. The van der Waals surface area contributed by atoms with Crippen LogP contribution in [0.25, 0.3) is 0 Å². The Bertz CT molecular complexity index is 102. The molecule has 0 unspecified atom stereocenters. The molecular weight excluding hydrogens is 140 g/mol. The topological polar surface area (TPSA) is 54.4 Å². The van der Waals surface area contributed by atoms with Crippen molar-refractivity contribution in [1.82, 2.24) is 0 Å². The Morgan fingerprint density at radius 3 is 2.78 bits per heavy atom. The second-order valence-corrected chi connectivity index (χ2v) is 2.47. The minimum atomic E-state index is -0.423. The monoisotopic (exact) mass is 148 g/mol. The van der Waals surface area contributed by atoms with Gasteiger partial charge in [0.25, 0.3) is 0 Å². The number of hydrogen-bond donors (Lipinski definition) is 1. The summed E-state index contributed by atoms with van der Waals surface area (Å²) in [5.41, 5.74) is 0. The van der Waals surface area contributed by atoms with Crippen LogP contribution in [0.2, 0.25) is 0 Å². The van der Waals surface area contributed by atoms with Gasteiger partial charge >= 0.3 is 0 Å². The van der Waals surface area contributed by atoms with Crippen molar-refractivity contribution in [2.75, 3.05) is 18.1 Å². The molecule has 0 bridgehead atoms. The highest BCUT2D eigenvalue weighted by Gasteiger charge is 1.96. The third-order valence-corrected chi connectivity index (χ3v) is 1.57. The molecule has 0 radical (unpaired) electrons. The Balaban J connectivity index is 3.07. The first-order valence-electron chi connectivity index (χ1n) is 2.48. The zero-order valence-electron chi connectivity index (χ0n) is 4.87. The molecule has 0 saturated carbocycles. The number of aldehydes is 1. The van der Waals surface area contributed by atoms with Crippen LogP contribution in [0.15, 0.2) is 0 Å². The van der Waals surface area contributed by atoms with Gasteiger partial charge in [0, 0.05) is 5.75 Å². The first-order chi connectivity index (χ1) is 4.31. The van der Waals surface area contributed by atoms with Crippen molar-refractivity contribution in [3.05, 3.63) is 0 Å². The largest absolute Gasteiger partial charge is 0.396 e. The van der Waals surface area contributed by atoms with E-state index in [1.807, 2.05) is 0 Å². The molecule has 0 rings (SSSR count). The van der Waals surface area contributed by atoms with Crippen LogP contribution in [-0.4, -0.2) is 35.3 Å². The number of rotatable bonds is 5. The Hall–Kier alpha value is -0.350. The van der Waals surface area contributed by atoms with E-state index in [1.165, 1.54) is 11.8 Å². The Labute approximate surface area is 57.4 Å². The third kappa shape index (κ3) is 5.52. The van der Waals surface area contributed by atoms with E-state index in [-0.39, 0.29) is 12.4 Å². The molecule has 4 heteroatoms. The van der Waals surface area contributed by atoms with Crippen LogP contribution in [0, 0.1) is 0 Å². The molecule has 1 N–H and O–H groups in total. The summed E-state index contributed by atoms with van der Waals surface area (Å²) in [4.78, 5) is 19.9. The van der Waals surface area contributed by atoms with Gasteiger partial charge in [0.1, 0.15) is 0 Å². The Morgan fingerprint density at radius 2 is 2.33 bits per heavy atom. The van der Waals surface area contributed by atoms with E-state index in [4.69, 9.17) is 5.11 Å². The van der Waals surface area contributed by atoms with Crippen LogP contribution in [0.4, 0.5) is 0 Å². The fourth-order valence-electron chi connectivity index (χ4n) is 0.271. The minimum absolute atomic E-state index is 0.0524. The SMILES string of the molecule is O=CC(=O)CSCCO. The number of hydrogen-bond acceptors (Lipinski definition) is 4. The molecule has 0 heterocycles. The minimum Gasteiger partial charge on any atom is -0.396 e. The van der Waals surface area contributed by atoms with Crippen molar-refractivity contribution < 1.29 is 14.7 Å². The highest BCUT2D eigenvalue weighted by atomic mass is 32.2. The van der Waals surface area contributed by atoms with E-state index >= 15 is 0 Å². The Morgan fingerprint density at radius 1 is 1.67 bits per heavy atom. The molecule has 3 nitrogen and oxygen atoms in total. The van der Waals surface area contributed by atoms with Crippen LogP contribution in [0.5, 0.6) is 0 Å². The lowest BCUT2D eigenvalue weighted by molar-refractivity contribution is -0.128. The lowest BCUT2D eigenvalue weighted by Gasteiger charge is -1.90. The number of carbonyl (C=O) groups excluding carboxylic acids is 2. The average Bonchev–Trinajstić information content (AvgIpc) is 1.89. The van der Waals surface area contributed by atoms with Gasteiger partial charge in [-0.2, -0.15) is 11.8 Å². The summed E-state index contributed by atoms with van der Waals surface area (Å²) in [5, 5.41) is 8.23. The van der Waals surface area contributed by atoms with E-state index in [1.54, 1.807) is 0 Å². The van der Waals surface area contributed by atoms with Gasteiger partial charge in [-0.05, 0) is 0 Å². The van der Waals surface area contributed by atoms with Gasteiger partial charge < -0.3 is 5.11 Å². The molecule has 0 aliphatic carbocycles. The standard InChI is InChI=1S/C5H8O3S/c6-1-2-9-4-5(8)3-7/h3,6H,1-2,4H2. The molecule has 0 aromatic rings. The van der Waals surface area contributed by atoms with Crippen LogP contribution < -0.4 is 0 Å². The summed E-state index contributed by atoms with van der Waals surface area (Å²) in [6.07, 6.45) is 0.296. The lowest BCUT2D eigenvalue weighted by atomic mass is 10.5. The summed E-state index contributed by atoms with van der Waals surface area (Å²) in [6.45, 7) is 0.0524. The number of aliphatic hydroxyl groups excluding tert-OH is 1. The summed E-state index contributed by atoms with van der Waals surface area (Å²) >= 11 is 1.26. The van der Waals surface area contributed by atoms with Crippen molar-refractivity contribution in [3.63, 3.8) is 0 Å². The zero-order chi connectivity index (χ0) is 7.11. The van der Waals surface area contributed by atoms with Crippen LogP contribution >= 0.6 is 11.8 Å². The predicted molar refractivity (Wildman–Crippen MR) is 35.5 cm³/mol. The highest BCUT2D eigenvalue weighted by Crippen LogP contribution is 1.96. The molecule has 0 spiro atoms. The summed E-state index contributed by atoms with van der Waals surface area (Å²) < 4.78 is 0. The van der Waals surface area contributed by atoms with Crippen LogP contribution in [0.1, 0.15) is 0 Å². The second-order valence-electron chi connectivity index (χ2n) is 1.36. The summed E-state index contributed by atoms with van der Waals surface area (Å²) in [5.74, 6) is 0.275. The third-order valence-electron chi connectivity index (χ3n) is 0.611. The van der Waals surface area contributed by atoms with Gasteiger partial charge in [-0.3, -0.25) is 9.59 Å². The number of ketones is 1. The second kappa shape index (κ2) is 5.78. The number of aliphatic hydroxyl groups is 1. The molecule has 9 heavy (non-hydrogen) atoms. The molecule has 0 aromatic heterocycles. The van der Waals surface area contributed by atoms with E-state index in [9.17, 15) is 9.59 Å². The van der Waals surface area contributed by atoms with Gasteiger partial charge in [0.2, 0.25) is 5.78 Å². The first kappa shape index (κ1) is 8.65. The van der Waals surface area contributed by atoms with Crippen LogP contribution in [-0.2, 0) is 9.59 Å². The maximum absolute atomic E-state index is 10.2. The summed E-state index contributed by atoms with van der Waals surface area (Å²) in [6, 6.07) is 0. The molecule has 0 atom stereocenters. The van der Waals surface area contributed by atoms with Crippen molar-refractivity contribution in [2.45, 2.75) is 0 Å². The van der Waals surface area contributed by atoms with E-state index in [0.717, 1.165) is 0 Å². The normalized spacial score (nSPS) is 9.00. The number of Topliss-reactive ketones (excluding diaryl/α,β-unsaturated/α-hetero) is 1. The summed E-state index contributed by atoms with van der Waals surface area (Å²) in [7, 11) is 0. The van der Waals surface area contributed by atoms with E-state index in [0.29, 0.717) is 12.0 Å². The van der Waals surface area contributed by atoms with Gasteiger partial charge in [0.15, 0.2) is 6.29 Å². The van der Waals surface area contributed by atoms with Gasteiger partial charge in [-0.15, -0.1) is 0 Å².